The van der Waals surface area contributed by atoms with Crippen LogP contribution in [0.15, 0.2) is 27.8 Å². The molecule has 0 unspecified atom stereocenters. The third-order valence-electron chi connectivity index (χ3n) is 5.28. The van der Waals surface area contributed by atoms with Gasteiger partial charge in [-0.15, -0.1) is 5.10 Å². The summed E-state index contributed by atoms with van der Waals surface area (Å²) in [5.41, 5.74) is 0.310. The Bertz CT molecular complexity index is 719. The lowest BCUT2D eigenvalue weighted by atomic mass is 9.83. The number of aromatic amines is 1. The number of guanidine groups is 1. The van der Waals surface area contributed by atoms with Crippen molar-refractivity contribution in [2.75, 3.05) is 26.3 Å². The molecule has 2 heterocycles. The molecule has 0 aliphatic heterocycles. The van der Waals surface area contributed by atoms with Gasteiger partial charge in [0.25, 0.3) is 0 Å². The average molecular weight is 389 g/mol. The highest BCUT2D eigenvalue weighted by molar-refractivity contribution is 5.79. The van der Waals surface area contributed by atoms with Gasteiger partial charge in [0.05, 0.1) is 6.26 Å². The van der Waals surface area contributed by atoms with Crippen LogP contribution in [-0.4, -0.2) is 47.4 Å². The molecule has 1 saturated carbocycles. The molecule has 0 amide bonds. The Morgan fingerprint density at radius 2 is 2.18 bits per heavy atom. The second kappa shape index (κ2) is 10.3. The fourth-order valence-electron chi connectivity index (χ4n) is 3.72. The van der Waals surface area contributed by atoms with Gasteiger partial charge in [-0.25, -0.2) is 9.98 Å². The Balaban J connectivity index is 1.57. The predicted molar refractivity (Wildman–Crippen MR) is 109 cm³/mol. The van der Waals surface area contributed by atoms with Crippen molar-refractivity contribution in [2.45, 2.75) is 52.5 Å². The molecule has 2 aromatic heterocycles. The summed E-state index contributed by atoms with van der Waals surface area (Å²) in [6, 6.07) is 3.66. The average Bonchev–Trinajstić information content (AvgIpc) is 3.46. The van der Waals surface area contributed by atoms with Crippen molar-refractivity contribution in [3.63, 3.8) is 0 Å². The maximum Gasteiger partial charge on any atom is 0.216 e. The van der Waals surface area contributed by atoms with Crippen LogP contribution in [0.25, 0.3) is 11.6 Å². The highest BCUT2D eigenvalue weighted by Gasteiger charge is 2.33. The van der Waals surface area contributed by atoms with E-state index in [9.17, 15) is 0 Å². The maximum atomic E-state index is 5.61. The Morgan fingerprint density at radius 1 is 1.32 bits per heavy atom. The summed E-state index contributed by atoms with van der Waals surface area (Å²) in [6.07, 6.45) is 7.81. The van der Waals surface area contributed by atoms with Gasteiger partial charge in [0.15, 0.2) is 11.7 Å². The van der Waals surface area contributed by atoms with Crippen LogP contribution in [0.1, 0.15) is 51.8 Å². The molecule has 3 rings (SSSR count). The van der Waals surface area contributed by atoms with E-state index < -0.39 is 0 Å². The number of ether oxygens (including phenoxy) is 1. The molecule has 0 radical (unpaired) electrons. The summed E-state index contributed by atoms with van der Waals surface area (Å²) in [6.45, 7) is 7.89. The van der Waals surface area contributed by atoms with E-state index in [0.29, 0.717) is 29.4 Å². The van der Waals surface area contributed by atoms with Crippen LogP contribution in [0.5, 0.6) is 0 Å². The summed E-state index contributed by atoms with van der Waals surface area (Å²) >= 11 is 0. The van der Waals surface area contributed by atoms with Gasteiger partial charge in [-0.3, -0.25) is 5.10 Å². The minimum absolute atomic E-state index is 0.310. The predicted octanol–water partition coefficient (Wildman–Crippen LogP) is 3.11. The molecule has 0 bridgehead atoms. The number of hydrogen-bond donors (Lipinski definition) is 3. The molecule has 1 aliphatic carbocycles. The molecule has 28 heavy (non-hydrogen) atoms. The summed E-state index contributed by atoms with van der Waals surface area (Å²) in [7, 11) is 0. The molecule has 2 aromatic rings. The lowest BCUT2D eigenvalue weighted by Gasteiger charge is -2.30. The van der Waals surface area contributed by atoms with Gasteiger partial charge >= 0.3 is 0 Å². The second-order valence-electron chi connectivity index (χ2n) is 7.29. The Morgan fingerprint density at radius 3 is 2.89 bits per heavy atom. The maximum absolute atomic E-state index is 5.61. The summed E-state index contributed by atoms with van der Waals surface area (Å²) in [5.74, 6) is 2.71. The van der Waals surface area contributed by atoms with Crippen molar-refractivity contribution in [1.82, 2.24) is 25.8 Å². The van der Waals surface area contributed by atoms with E-state index >= 15 is 0 Å². The largest absolute Gasteiger partial charge is 0.461 e. The number of hydrogen-bond acceptors (Lipinski definition) is 5. The topological polar surface area (TPSA) is 100 Å². The lowest BCUT2D eigenvalue weighted by Crippen LogP contribution is -2.43. The van der Waals surface area contributed by atoms with Crippen LogP contribution in [0, 0.1) is 5.41 Å². The number of rotatable bonds is 10. The normalized spacial score (nSPS) is 16.4. The first-order valence-electron chi connectivity index (χ1n) is 10.3. The van der Waals surface area contributed by atoms with Gasteiger partial charge in [0.2, 0.25) is 5.82 Å². The molecule has 8 nitrogen and oxygen atoms in total. The van der Waals surface area contributed by atoms with Crippen LogP contribution in [-0.2, 0) is 11.3 Å². The molecule has 154 valence electrons. The number of H-pyrrole nitrogens is 1. The van der Waals surface area contributed by atoms with Crippen LogP contribution >= 0.6 is 0 Å². The second-order valence-corrected chi connectivity index (χ2v) is 7.29. The van der Waals surface area contributed by atoms with Crippen molar-refractivity contribution >= 4 is 5.96 Å². The molecule has 0 aromatic carbocycles. The minimum atomic E-state index is 0.310. The SMILES string of the molecule is CCNC(=NCc1nc(-c2ccco2)n[nH]1)NCC1(CCOCC)CCCC1. The van der Waals surface area contributed by atoms with E-state index in [0.717, 1.165) is 38.7 Å². The lowest BCUT2D eigenvalue weighted by molar-refractivity contribution is 0.105. The van der Waals surface area contributed by atoms with Gasteiger partial charge in [0.1, 0.15) is 12.4 Å². The van der Waals surface area contributed by atoms with Gasteiger partial charge in [-0.2, -0.15) is 0 Å². The number of furan rings is 1. The highest BCUT2D eigenvalue weighted by Crippen LogP contribution is 2.40. The summed E-state index contributed by atoms with van der Waals surface area (Å²) < 4.78 is 10.9. The van der Waals surface area contributed by atoms with E-state index in [2.05, 4.69) is 44.7 Å². The van der Waals surface area contributed by atoms with Crippen molar-refractivity contribution in [1.29, 1.82) is 0 Å². The molecule has 1 aliphatic rings. The Labute approximate surface area is 166 Å². The third-order valence-corrected chi connectivity index (χ3v) is 5.28. The molecule has 8 heteroatoms. The quantitative estimate of drug-likeness (QED) is 0.328. The summed E-state index contributed by atoms with van der Waals surface area (Å²) in [5, 5.41) is 14.0. The molecule has 0 atom stereocenters. The van der Waals surface area contributed by atoms with E-state index in [1.807, 2.05) is 12.1 Å². The van der Waals surface area contributed by atoms with Crippen LogP contribution in [0.3, 0.4) is 0 Å². The molecule has 0 spiro atoms. The van der Waals surface area contributed by atoms with E-state index in [1.165, 1.54) is 25.7 Å². The molecule has 0 saturated heterocycles. The van der Waals surface area contributed by atoms with Gasteiger partial charge < -0.3 is 19.8 Å². The van der Waals surface area contributed by atoms with E-state index in [-0.39, 0.29) is 0 Å². The van der Waals surface area contributed by atoms with Crippen LogP contribution in [0.2, 0.25) is 0 Å². The molecule has 1 fully saturated rings. The first-order chi connectivity index (χ1) is 13.7. The highest BCUT2D eigenvalue weighted by atomic mass is 16.5. The standard InChI is InChI=1S/C20H32N6O2/c1-3-21-19(23-15-20(9-5-6-10-20)11-13-27-4-2)22-14-17-24-18(26-25-17)16-8-7-12-28-16/h7-8,12H,3-6,9-11,13-15H2,1-2H3,(H2,21,22,23)(H,24,25,26). The van der Waals surface area contributed by atoms with Crippen LogP contribution in [0.4, 0.5) is 0 Å². The van der Waals surface area contributed by atoms with Gasteiger partial charge in [-0.05, 0) is 50.7 Å². The molecular weight excluding hydrogens is 356 g/mol. The fourth-order valence-corrected chi connectivity index (χ4v) is 3.72. The van der Waals surface area contributed by atoms with Crippen molar-refractivity contribution in [3.05, 3.63) is 24.2 Å². The van der Waals surface area contributed by atoms with Crippen molar-refractivity contribution in [3.8, 4) is 11.6 Å². The van der Waals surface area contributed by atoms with Crippen molar-refractivity contribution < 1.29 is 9.15 Å². The zero-order valence-electron chi connectivity index (χ0n) is 17.0. The zero-order valence-corrected chi connectivity index (χ0v) is 17.0. The van der Waals surface area contributed by atoms with E-state index in [1.54, 1.807) is 6.26 Å². The van der Waals surface area contributed by atoms with Gasteiger partial charge in [-0.1, -0.05) is 12.8 Å². The molecular formula is C20H32N6O2. The Kier molecular flexibility index (Phi) is 7.47. The van der Waals surface area contributed by atoms with Crippen molar-refractivity contribution in [2.24, 2.45) is 10.4 Å². The minimum Gasteiger partial charge on any atom is -0.461 e. The van der Waals surface area contributed by atoms with Gasteiger partial charge in [0, 0.05) is 26.3 Å². The van der Waals surface area contributed by atoms with E-state index in [4.69, 9.17) is 9.15 Å². The first kappa shape index (κ1) is 20.4. The Hall–Kier alpha value is -2.35. The number of nitrogens with zero attached hydrogens (tertiary/aromatic N) is 3. The summed E-state index contributed by atoms with van der Waals surface area (Å²) in [4.78, 5) is 9.11. The fraction of sp³-hybridized carbons (Fsp3) is 0.650. The smallest absolute Gasteiger partial charge is 0.216 e. The number of nitrogens with one attached hydrogen (secondary N) is 3. The number of aliphatic imine (C=N–C) groups is 1. The number of aromatic nitrogens is 3. The monoisotopic (exact) mass is 388 g/mol. The first-order valence-corrected chi connectivity index (χ1v) is 10.3. The zero-order chi connectivity index (χ0) is 19.7. The van der Waals surface area contributed by atoms with Crippen LogP contribution < -0.4 is 10.6 Å². The third kappa shape index (κ3) is 5.58. The molecule has 3 N–H and O–H groups in total.